The maximum Gasteiger partial charge on any atom is -0.00943 e. The first kappa shape index (κ1) is 10.8. The van der Waals surface area contributed by atoms with Gasteiger partial charge in [-0.15, -0.1) is 0 Å². The van der Waals surface area contributed by atoms with E-state index in [1.165, 1.54) is 31.2 Å². The third kappa shape index (κ3) is 2.36. The first-order valence-corrected chi connectivity index (χ1v) is 6.84. The maximum atomic E-state index is 2.40. The van der Waals surface area contributed by atoms with Crippen LogP contribution >= 0.6 is 0 Å². The van der Waals surface area contributed by atoms with E-state index in [0.717, 1.165) is 18.3 Å². The Balaban J connectivity index is 1.59. The summed E-state index contributed by atoms with van der Waals surface area (Å²) in [7, 11) is 0. The van der Waals surface area contributed by atoms with Gasteiger partial charge in [0.2, 0.25) is 0 Å². The van der Waals surface area contributed by atoms with Crippen molar-refractivity contribution >= 4 is 0 Å². The zero-order chi connectivity index (χ0) is 11.5. The van der Waals surface area contributed by atoms with Gasteiger partial charge in [-0.2, -0.15) is 0 Å². The Labute approximate surface area is 104 Å². The van der Waals surface area contributed by atoms with Crippen LogP contribution in [0.1, 0.15) is 31.2 Å². The molecule has 2 bridgehead atoms. The summed E-state index contributed by atoms with van der Waals surface area (Å²) in [4.78, 5) is 0. The van der Waals surface area contributed by atoms with Crippen LogP contribution in [0.25, 0.3) is 0 Å². The summed E-state index contributed by atoms with van der Waals surface area (Å²) >= 11 is 0. The molecule has 0 saturated heterocycles. The Morgan fingerprint density at radius 2 is 1.59 bits per heavy atom. The highest BCUT2D eigenvalue weighted by Gasteiger charge is 2.35. The maximum absolute atomic E-state index is 2.40. The lowest BCUT2D eigenvalue weighted by Crippen LogP contribution is -1.90. The van der Waals surface area contributed by atoms with Gasteiger partial charge < -0.3 is 0 Å². The highest BCUT2D eigenvalue weighted by molar-refractivity contribution is 5.26. The molecule has 2 saturated carbocycles. The molecule has 3 rings (SSSR count). The van der Waals surface area contributed by atoms with Gasteiger partial charge in [-0.05, 0) is 49.5 Å². The van der Waals surface area contributed by atoms with Gasteiger partial charge in [-0.1, -0.05) is 54.1 Å². The fourth-order valence-corrected chi connectivity index (χ4v) is 3.36. The number of benzene rings is 1. The van der Waals surface area contributed by atoms with Gasteiger partial charge in [0, 0.05) is 0 Å². The number of rotatable bonds is 3. The van der Waals surface area contributed by atoms with E-state index in [4.69, 9.17) is 0 Å². The van der Waals surface area contributed by atoms with Crippen LogP contribution in [-0.4, -0.2) is 0 Å². The molecule has 17 heavy (non-hydrogen) atoms. The summed E-state index contributed by atoms with van der Waals surface area (Å²) in [6.45, 7) is 0. The molecule has 88 valence electrons. The fourth-order valence-electron chi connectivity index (χ4n) is 3.36. The lowest BCUT2D eigenvalue weighted by atomic mass is 10.0. The molecule has 0 heteroatoms. The van der Waals surface area contributed by atoms with E-state index in [1.807, 2.05) is 0 Å². The summed E-state index contributed by atoms with van der Waals surface area (Å²) in [5, 5.41) is 0. The number of hydrogen-bond acceptors (Lipinski definition) is 0. The standard InChI is InChI=1S/C17H20/c1-2-6-14(7-3-1)8-4-5-9-17-15-10-11-16(17)13-12-15/h1-7,9,15-16H,8,10-13H2/b5-4+,17-9?. The summed E-state index contributed by atoms with van der Waals surface area (Å²) in [6, 6.07) is 10.7. The molecule has 1 aromatic rings. The van der Waals surface area contributed by atoms with Crippen LogP contribution in [0.2, 0.25) is 0 Å². The lowest BCUT2D eigenvalue weighted by Gasteiger charge is -2.04. The van der Waals surface area contributed by atoms with Crippen molar-refractivity contribution < 1.29 is 0 Å². The topological polar surface area (TPSA) is 0 Å². The van der Waals surface area contributed by atoms with Crippen molar-refractivity contribution in [3.63, 3.8) is 0 Å². The predicted octanol–water partition coefficient (Wildman–Crippen LogP) is 4.53. The summed E-state index contributed by atoms with van der Waals surface area (Å²) in [5.41, 5.74) is 3.14. The van der Waals surface area contributed by atoms with Crippen LogP contribution in [0.4, 0.5) is 0 Å². The molecule has 0 nitrogen and oxygen atoms in total. The van der Waals surface area contributed by atoms with E-state index in [2.05, 4.69) is 48.6 Å². The van der Waals surface area contributed by atoms with Crippen LogP contribution in [0, 0.1) is 11.8 Å². The van der Waals surface area contributed by atoms with Crippen molar-refractivity contribution in [1.29, 1.82) is 0 Å². The second kappa shape index (κ2) is 4.91. The van der Waals surface area contributed by atoms with Gasteiger partial charge in [0.15, 0.2) is 0 Å². The highest BCUT2D eigenvalue weighted by atomic mass is 14.4. The van der Waals surface area contributed by atoms with Crippen LogP contribution in [0.3, 0.4) is 0 Å². The first-order chi connectivity index (χ1) is 8.43. The molecule has 0 unspecified atom stereocenters. The van der Waals surface area contributed by atoms with Crippen LogP contribution in [-0.2, 0) is 6.42 Å². The van der Waals surface area contributed by atoms with Gasteiger partial charge >= 0.3 is 0 Å². The predicted molar refractivity (Wildman–Crippen MR) is 72.8 cm³/mol. The molecule has 0 heterocycles. The van der Waals surface area contributed by atoms with Gasteiger partial charge in [0.05, 0.1) is 0 Å². The molecule has 0 aromatic heterocycles. The molecule has 2 fully saturated rings. The zero-order valence-corrected chi connectivity index (χ0v) is 10.3. The van der Waals surface area contributed by atoms with Crippen molar-refractivity contribution in [2.24, 2.45) is 11.8 Å². The van der Waals surface area contributed by atoms with Gasteiger partial charge in [0.25, 0.3) is 0 Å². The van der Waals surface area contributed by atoms with E-state index in [0.29, 0.717) is 0 Å². The van der Waals surface area contributed by atoms with Crippen LogP contribution in [0.15, 0.2) is 54.1 Å². The van der Waals surface area contributed by atoms with Crippen molar-refractivity contribution in [3.05, 3.63) is 59.7 Å². The second-order valence-corrected chi connectivity index (χ2v) is 5.33. The number of hydrogen-bond donors (Lipinski definition) is 0. The average molecular weight is 224 g/mol. The molecule has 0 amide bonds. The molecular formula is C17H20. The van der Waals surface area contributed by atoms with Gasteiger partial charge in [0.1, 0.15) is 0 Å². The molecule has 2 aliphatic rings. The Bertz CT molecular complexity index is 403. The van der Waals surface area contributed by atoms with Crippen molar-refractivity contribution in [1.82, 2.24) is 0 Å². The molecule has 2 aliphatic carbocycles. The van der Waals surface area contributed by atoms with E-state index < -0.39 is 0 Å². The summed E-state index contributed by atoms with van der Waals surface area (Å²) in [5.74, 6) is 1.86. The average Bonchev–Trinajstić information content (AvgIpc) is 2.95. The zero-order valence-electron chi connectivity index (χ0n) is 10.3. The second-order valence-electron chi connectivity index (χ2n) is 5.33. The Morgan fingerprint density at radius 3 is 2.24 bits per heavy atom. The molecule has 0 atom stereocenters. The molecular weight excluding hydrogens is 204 g/mol. The van der Waals surface area contributed by atoms with Crippen LogP contribution in [0.5, 0.6) is 0 Å². The minimum absolute atomic E-state index is 0.932. The normalized spacial score (nSPS) is 26.9. The largest absolute Gasteiger partial charge is 0.0801 e. The van der Waals surface area contributed by atoms with Crippen molar-refractivity contribution in [2.75, 3.05) is 0 Å². The first-order valence-electron chi connectivity index (χ1n) is 6.84. The Hall–Kier alpha value is -1.30. The lowest BCUT2D eigenvalue weighted by molar-refractivity contribution is 0.480. The molecule has 0 spiro atoms. The summed E-state index contributed by atoms with van der Waals surface area (Å²) < 4.78 is 0. The SMILES string of the molecule is C(/C=C/Cc1ccccc1)=C1C2CCC1CC2. The third-order valence-electron chi connectivity index (χ3n) is 4.29. The number of fused-ring (bicyclic) bond motifs is 2. The molecule has 0 radical (unpaired) electrons. The van der Waals surface area contributed by atoms with E-state index >= 15 is 0 Å². The molecule has 0 aliphatic heterocycles. The smallest absolute Gasteiger partial charge is 0.00943 e. The minimum Gasteiger partial charge on any atom is -0.0801 e. The molecule has 1 aromatic carbocycles. The fraction of sp³-hybridized carbons (Fsp3) is 0.412. The monoisotopic (exact) mass is 224 g/mol. The van der Waals surface area contributed by atoms with Gasteiger partial charge in [-0.3, -0.25) is 0 Å². The van der Waals surface area contributed by atoms with E-state index in [1.54, 1.807) is 5.57 Å². The third-order valence-corrected chi connectivity index (χ3v) is 4.29. The summed E-state index contributed by atoms with van der Waals surface area (Å²) in [6.07, 6.45) is 13.8. The van der Waals surface area contributed by atoms with E-state index in [9.17, 15) is 0 Å². The minimum atomic E-state index is 0.932. The van der Waals surface area contributed by atoms with Crippen molar-refractivity contribution in [3.8, 4) is 0 Å². The van der Waals surface area contributed by atoms with Crippen LogP contribution < -0.4 is 0 Å². The van der Waals surface area contributed by atoms with E-state index in [-0.39, 0.29) is 0 Å². The Morgan fingerprint density at radius 1 is 0.941 bits per heavy atom. The number of allylic oxidation sites excluding steroid dienone is 4. The highest BCUT2D eigenvalue weighted by Crippen LogP contribution is 2.48. The Kier molecular flexibility index (Phi) is 3.13. The molecule has 0 N–H and O–H groups in total. The van der Waals surface area contributed by atoms with Gasteiger partial charge in [-0.25, -0.2) is 0 Å². The quantitative estimate of drug-likeness (QED) is 0.707. The van der Waals surface area contributed by atoms with Crippen molar-refractivity contribution in [2.45, 2.75) is 32.1 Å².